The van der Waals surface area contributed by atoms with Crippen molar-refractivity contribution >= 4 is 11.8 Å². The van der Waals surface area contributed by atoms with Gasteiger partial charge < -0.3 is 19.0 Å². The number of hydrogen-bond acceptors (Lipinski definition) is 4. The molecular weight excluding hydrogens is 387 g/mol. The molecule has 1 fully saturated rings. The Kier molecular flexibility index (Phi) is 8.02. The van der Waals surface area contributed by atoms with E-state index in [1.807, 2.05) is 13.0 Å². The second kappa shape index (κ2) is 10.9. The Labute approximate surface area is 176 Å². The van der Waals surface area contributed by atoms with Gasteiger partial charge in [-0.3, -0.25) is 9.59 Å². The van der Waals surface area contributed by atoms with Crippen molar-refractivity contribution < 1.29 is 23.1 Å². The van der Waals surface area contributed by atoms with Crippen LogP contribution in [0.3, 0.4) is 0 Å². The summed E-state index contributed by atoms with van der Waals surface area (Å²) in [5.74, 6) is 0.0743. The molecule has 0 saturated carbocycles. The number of amides is 2. The first-order valence-corrected chi connectivity index (χ1v) is 10.5. The fraction of sp³-hybridized carbons (Fsp3) is 0.478. The van der Waals surface area contributed by atoms with E-state index in [1.54, 1.807) is 34.3 Å². The summed E-state index contributed by atoms with van der Waals surface area (Å²) >= 11 is 0. The molecule has 30 heavy (non-hydrogen) atoms. The number of carbonyl (C=O) groups excluding carboxylic acids is 2. The first-order chi connectivity index (χ1) is 14.5. The van der Waals surface area contributed by atoms with Crippen LogP contribution in [0.2, 0.25) is 0 Å². The average Bonchev–Trinajstić information content (AvgIpc) is 3.43. The predicted molar refractivity (Wildman–Crippen MR) is 110 cm³/mol. The maximum Gasteiger partial charge on any atom is 0.242 e. The van der Waals surface area contributed by atoms with Crippen LogP contribution < -0.4 is 0 Å². The molecule has 7 heteroatoms. The van der Waals surface area contributed by atoms with Crippen molar-refractivity contribution in [1.29, 1.82) is 0 Å². The van der Waals surface area contributed by atoms with Crippen LogP contribution in [0.15, 0.2) is 47.1 Å². The van der Waals surface area contributed by atoms with Crippen molar-refractivity contribution in [3.8, 4) is 0 Å². The van der Waals surface area contributed by atoms with Gasteiger partial charge in [0.1, 0.15) is 11.6 Å². The molecule has 0 N–H and O–H groups in total. The lowest BCUT2D eigenvalue weighted by molar-refractivity contribution is -0.141. The summed E-state index contributed by atoms with van der Waals surface area (Å²) < 4.78 is 24.3. The highest BCUT2D eigenvalue weighted by atomic mass is 19.1. The van der Waals surface area contributed by atoms with Gasteiger partial charge in [0.05, 0.1) is 31.9 Å². The van der Waals surface area contributed by atoms with Crippen molar-refractivity contribution in [1.82, 2.24) is 9.80 Å². The largest absolute Gasteiger partial charge is 0.467 e. The molecular formula is C23H29FN2O4. The van der Waals surface area contributed by atoms with Crippen molar-refractivity contribution in [3.63, 3.8) is 0 Å². The Hall–Kier alpha value is -2.67. The van der Waals surface area contributed by atoms with E-state index < -0.39 is 0 Å². The van der Waals surface area contributed by atoms with E-state index in [2.05, 4.69) is 0 Å². The molecule has 162 valence electrons. The van der Waals surface area contributed by atoms with Gasteiger partial charge in [0.15, 0.2) is 0 Å². The van der Waals surface area contributed by atoms with Crippen LogP contribution in [0.25, 0.3) is 0 Å². The lowest BCUT2D eigenvalue weighted by Crippen LogP contribution is -2.45. The number of carbonyl (C=O) groups is 2. The molecule has 1 aromatic carbocycles. The molecule has 1 atom stereocenters. The molecule has 6 nitrogen and oxygen atoms in total. The molecule has 3 rings (SSSR count). The molecule has 0 radical (unpaired) electrons. The lowest BCUT2D eigenvalue weighted by atomic mass is 10.1. The second-order valence-electron chi connectivity index (χ2n) is 7.61. The summed E-state index contributed by atoms with van der Waals surface area (Å²) in [6.07, 6.45) is 4.39. The van der Waals surface area contributed by atoms with E-state index in [-0.39, 0.29) is 36.7 Å². The van der Waals surface area contributed by atoms with Gasteiger partial charge in [-0.2, -0.15) is 0 Å². The van der Waals surface area contributed by atoms with E-state index in [9.17, 15) is 14.0 Å². The fourth-order valence-corrected chi connectivity index (χ4v) is 3.59. The molecule has 0 unspecified atom stereocenters. The molecule has 1 aliphatic rings. The zero-order valence-corrected chi connectivity index (χ0v) is 17.4. The third kappa shape index (κ3) is 6.42. The quantitative estimate of drug-likeness (QED) is 0.596. The summed E-state index contributed by atoms with van der Waals surface area (Å²) in [5.41, 5.74) is 0.724. The fourth-order valence-electron chi connectivity index (χ4n) is 3.59. The van der Waals surface area contributed by atoms with Gasteiger partial charge in [-0.1, -0.05) is 19.1 Å². The summed E-state index contributed by atoms with van der Waals surface area (Å²) in [7, 11) is 0. The van der Waals surface area contributed by atoms with E-state index in [0.29, 0.717) is 32.0 Å². The highest BCUT2D eigenvalue weighted by Gasteiger charge is 2.26. The number of nitrogens with zero attached hydrogens (tertiary/aromatic N) is 2. The summed E-state index contributed by atoms with van der Waals surface area (Å²) in [6.45, 7) is 3.99. The number of hydrogen-bond donors (Lipinski definition) is 0. The molecule has 2 amide bonds. The second-order valence-corrected chi connectivity index (χ2v) is 7.61. The van der Waals surface area contributed by atoms with Crippen LogP contribution in [0, 0.1) is 5.82 Å². The van der Waals surface area contributed by atoms with Crippen molar-refractivity contribution in [2.24, 2.45) is 0 Å². The SMILES string of the molecule is CCCN(CC(=O)N(Cc1ccco1)C[C@H]1CCCO1)C(=O)Cc1ccc(F)cc1. The normalized spacial score (nSPS) is 15.9. The lowest BCUT2D eigenvalue weighted by Gasteiger charge is -2.28. The predicted octanol–water partition coefficient (Wildman–Crippen LogP) is 3.41. The number of ether oxygens (including phenoxy) is 1. The molecule has 2 heterocycles. The number of rotatable bonds is 10. The van der Waals surface area contributed by atoms with Gasteiger partial charge in [-0.05, 0) is 49.1 Å². The zero-order valence-electron chi connectivity index (χ0n) is 17.4. The minimum atomic E-state index is -0.338. The summed E-state index contributed by atoms with van der Waals surface area (Å²) in [6, 6.07) is 9.49. The highest BCUT2D eigenvalue weighted by molar-refractivity contribution is 5.86. The molecule has 0 aliphatic carbocycles. The Bertz CT molecular complexity index is 801. The Morgan fingerprint density at radius 1 is 1.13 bits per heavy atom. The van der Waals surface area contributed by atoms with Crippen LogP contribution in [0.1, 0.15) is 37.5 Å². The van der Waals surface area contributed by atoms with Crippen molar-refractivity contribution in [2.75, 3.05) is 26.2 Å². The van der Waals surface area contributed by atoms with Crippen molar-refractivity contribution in [2.45, 2.75) is 45.3 Å². The third-order valence-electron chi connectivity index (χ3n) is 5.17. The van der Waals surface area contributed by atoms with Gasteiger partial charge in [-0.25, -0.2) is 4.39 Å². The standard InChI is InChI=1S/C23H29FN2O4/c1-2-11-25(22(27)14-18-7-9-19(24)10-8-18)17-23(28)26(15-20-5-3-12-29-20)16-21-6-4-13-30-21/h3,5,7-10,12,21H,2,4,6,11,13-17H2,1H3/t21-/m1/s1. The Balaban J connectivity index is 1.65. The van der Waals surface area contributed by atoms with Crippen LogP contribution in [-0.2, 0) is 27.3 Å². The summed E-state index contributed by atoms with van der Waals surface area (Å²) in [5, 5.41) is 0. The van der Waals surface area contributed by atoms with Gasteiger partial charge in [0.2, 0.25) is 11.8 Å². The van der Waals surface area contributed by atoms with Gasteiger partial charge in [-0.15, -0.1) is 0 Å². The smallest absolute Gasteiger partial charge is 0.242 e. The van der Waals surface area contributed by atoms with E-state index >= 15 is 0 Å². The maximum atomic E-state index is 13.1. The zero-order chi connectivity index (χ0) is 21.3. The third-order valence-corrected chi connectivity index (χ3v) is 5.17. The Morgan fingerprint density at radius 2 is 1.93 bits per heavy atom. The molecule has 1 saturated heterocycles. The molecule has 2 aromatic rings. The molecule has 1 aromatic heterocycles. The van der Waals surface area contributed by atoms with Gasteiger partial charge >= 0.3 is 0 Å². The first kappa shape index (κ1) is 22.0. The van der Waals surface area contributed by atoms with Crippen LogP contribution in [0.4, 0.5) is 4.39 Å². The minimum Gasteiger partial charge on any atom is -0.467 e. The Morgan fingerprint density at radius 3 is 2.57 bits per heavy atom. The van der Waals surface area contributed by atoms with E-state index in [4.69, 9.17) is 9.15 Å². The van der Waals surface area contributed by atoms with E-state index in [0.717, 1.165) is 24.8 Å². The maximum absolute atomic E-state index is 13.1. The van der Waals surface area contributed by atoms with Crippen LogP contribution >= 0.6 is 0 Å². The van der Waals surface area contributed by atoms with Crippen LogP contribution in [-0.4, -0.2) is 54.0 Å². The summed E-state index contributed by atoms with van der Waals surface area (Å²) in [4.78, 5) is 29.2. The highest BCUT2D eigenvalue weighted by Crippen LogP contribution is 2.16. The number of furan rings is 1. The monoisotopic (exact) mass is 416 g/mol. The van der Waals surface area contributed by atoms with Gasteiger partial charge in [0.25, 0.3) is 0 Å². The minimum absolute atomic E-state index is 0.00129. The van der Waals surface area contributed by atoms with Crippen LogP contribution in [0.5, 0.6) is 0 Å². The van der Waals surface area contributed by atoms with Crippen molar-refractivity contribution in [3.05, 3.63) is 59.8 Å². The molecule has 0 bridgehead atoms. The molecule has 0 spiro atoms. The van der Waals surface area contributed by atoms with Gasteiger partial charge in [0, 0.05) is 19.7 Å². The number of benzene rings is 1. The topological polar surface area (TPSA) is 63.0 Å². The van der Waals surface area contributed by atoms with E-state index in [1.165, 1.54) is 12.1 Å². The first-order valence-electron chi connectivity index (χ1n) is 10.5. The molecule has 1 aliphatic heterocycles. The number of halogens is 1. The average molecular weight is 416 g/mol.